The van der Waals surface area contributed by atoms with E-state index in [1.54, 1.807) is 41.3 Å². The Morgan fingerprint density at radius 2 is 1.74 bits per heavy atom. The molecule has 0 saturated heterocycles. The van der Waals surface area contributed by atoms with Crippen LogP contribution in [0.5, 0.6) is 0 Å². The third-order valence-corrected chi connectivity index (χ3v) is 7.35. The molecule has 1 aliphatic rings. The van der Waals surface area contributed by atoms with E-state index in [4.69, 9.17) is 28.2 Å². The molecule has 0 atom stereocenters. The number of imidazole rings is 1. The number of hydrogen-bond donors (Lipinski definition) is 1. The van der Waals surface area contributed by atoms with Gasteiger partial charge in [-0.3, -0.25) is 19.5 Å². The molecule has 1 saturated carbocycles. The Balaban J connectivity index is 1.43. The van der Waals surface area contributed by atoms with Crippen LogP contribution in [-0.4, -0.2) is 39.4 Å². The summed E-state index contributed by atoms with van der Waals surface area (Å²) in [5.74, 6) is 0.199. The molecule has 1 aliphatic carbocycles. The lowest BCUT2D eigenvalue weighted by atomic mass is 10.1. The number of amides is 2. The Morgan fingerprint density at radius 1 is 1.00 bits per heavy atom. The van der Waals surface area contributed by atoms with E-state index in [0.717, 1.165) is 29.7 Å². The van der Waals surface area contributed by atoms with Crippen LogP contribution < -0.4 is 5.32 Å². The number of anilines is 1. The number of nitrogens with one attached hydrogen (secondary N) is 1. The van der Waals surface area contributed by atoms with Crippen molar-refractivity contribution in [3.05, 3.63) is 99.7 Å². The van der Waals surface area contributed by atoms with Crippen LogP contribution in [0, 0.1) is 19.8 Å². The van der Waals surface area contributed by atoms with Gasteiger partial charge in [0.25, 0.3) is 5.91 Å². The number of rotatable bonds is 8. The zero-order chi connectivity index (χ0) is 26.8. The number of nitrogens with zero attached hydrogens (tertiary/aromatic N) is 3. The fourth-order valence-corrected chi connectivity index (χ4v) is 4.62. The van der Waals surface area contributed by atoms with E-state index in [9.17, 15) is 9.59 Å². The number of aryl methyl sites for hydroxylation is 2. The van der Waals surface area contributed by atoms with Gasteiger partial charge < -0.3 is 4.90 Å². The van der Waals surface area contributed by atoms with Gasteiger partial charge in [0.05, 0.1) is 16.3 Å². The summed E-state index contributed by atoms with van der Waals surface area (Å²) in [6.07, 6.45) is 3.99. The van der Waals surface area contributed by atoms with E-state index >= 15 is 0 Å². The fraction of sp³-hybridized carbons (Fsp3) is 0.233. The van der Waals surface area contributed by atoms with Crippen LogP contribution in [0.15, 0.2) is 72.9 Å². The average molecular weight is 547 g/mol. The molecule has 4 aromatic rings. The Hall–Kier alpha value is -3.61. The van der Waals surface area contributed by atoms with Gasteiger partial charge in [-0.2, -0.15) is 0 Å². The topological polar surface area (TPSA) is 67.2 Å². The smallest absolute Gasteiger partial charge is 0.255 e. The van der Waals surface area contributed by atoms with Crippen LogP contribution in [0.2, 0.25) is 10.0 Å². The van der Waals surface area contributed by atoms with Crippen LogP contribution in [0.4, 0.5) is 5.95 Å². The number of carbonyl (C=O) groups is 2. The van der Waals surface area contributed by atoms with Crippen molar-refractivity contribution in [1.29, 1.82) is 0 Å². The van der Waals surface area contributed by atoms with E-state index < -0.39 is 0 Å². The average Bonchev–Trinajstić information content (AvgIpc) is 3.63. The van der Waals surface area contributed by atoms with Crippen molar-refractivity contribution < 1.29 is 9.59 Å². The van der Waals surface area contributed by atoms with Gasteiger partial charge in [0.15, 0.2) is 0 Å². The maximum Gasteiger partial charge on any atom is 0.255 e. The molecular formula is C30H28Cl2N4O2. The number of carbonyl (C=O) groups excluding carboxylic acids is 2. The summed E-state index contributed by atoms with van der Waals surface area (Å²) in [7, 11) is 0. The van der Waals surface area contributed by atoms with Crippen molar-refractivity contribution in [3.63, 3.8) is 0 Å². The molecule has 3 aromatic carbocycles. The summed E-state index contributed by atoms with van der Waals surface area (Å²) in [4.78, 5) is 33.0. The zero-order valence-corrected chi connectivity index (χ0v) is 22.8. The summed E-state index contributed by atoms with van der Waals surface area (Å²) in [6, 6.07) is 20.4. The molecule has 1 fully saturated rings. The number of benzene rings is 3. The highest BCUT2D eigenvalue weighted by molar-refractivity contribution is 6.33. The molecule has 5 rings (SSSR count). The van der Waals surface area contributed by atoms with E-state index in [-0.39, 0.29) is 18.4 Å². The monoisotopic (exact) mass is 546 g/mol. The lowest BCUT2D eigenvalue weighted by Gasteiger charge is -2.22. The first kappa shape index (κ1) is 26.0. The maximum absolute atomic E-state index is 13.3. The second kappa shape index (κ2) is 11.0. The van der Waals surface area contributed by atoms with Crippen molar-refractivity contribution in [3.8, 4) is 16.9 Å². The van der Waals surface area contributed by atoms with Gasteiger partial charge >= 0.3 is 0 Å². The van der Waals surface area contributed by atoms with Crippen LogP contribution in [-0.2, 0) is 4.79 Å². The number of hydrogen-bond acceptors (Lipinski definition) is 3. The highest BCUT2D eigenvalue weighted by Gasteiger charge is 2.29. The van der Waals surface area contributed by atoms with Crippen molar-refractivity contribution in [2.24, 2.45) is 5.92 Å². The predicted octanol–water partition coefficient (Wildman–Crippen LogP) is 6.95. The molecule has 2 amide bonds. The molecule has 0 aliphatic heterocycles. The largest absolute Gasteiger partial charge is 0.329 e. The van der Waals surface area contributed by atoms with Gasteiger partial charge in [-0.1, -0.05) is 53.5 Å². The van der Waals surface area contributed by atoms with Gasteiger partial charge in [0, 0.05) is 29.0 Å². The second-order valence-corrected chi connectivity index (χ2v) is 10.6. The van der Waals surface area contributed by atoms with Crippen LogP contribution in [0.1, 0.15) is 34.3 Å². The first-order valence-electron chi connectivity index (χ1n) is 12.5. The summed E-state index contributed by atoms with van der Waals surface area (Å²) < 4.78 is 1.86. The van der Waals surface area contributed by atoms with Crippen molar-refractivity contribution in [2.75, 3.05) is 18.4 Å². The molecule has 1 N–H and O–H groups in total. The normalized spacial score (nSPS) is 12.8. The lowest BCUT2D eigenvalue weighted by Crippen LogP contribution is -2.39. The molecule has 1 heterocycles. The van der Waals surface area contributed by atoms with Gasteiger partial charge in [-0.05, 0) is 80.1 Å². The Morgan fingerprint density at radius 3 is 2.42 bits per heavy atom. The summed E-state index contributed by atoms with van der Waals surface area (Å²) in [5.41, 5.74) is 5.13. The minimum atomic E-state index is -0.329. The summed E-state index contributed by atoms with van der Waals surface area (Å²) in [5, 5.41) is 3.96. The molecular weight excluding hydrogens is 519 g/mol. The molecule has 0 radical (unpaired) electrons. The highest BCUT2D eigenvalue weighted by Crippen LogP contribution is 2.31. The Bertz CT molecular complexity index is 1490. The molecule has 1 aromatic heterocycles. The molecule has 6 nitrogen and oxygen atoms in total. The quantitative estimate of drug-likeness (QED) is 0.260. The first-order valence-corrected chi connectivity index (χ1v) is 13.3. The van der Waals surface area contributed by atoms with E-state index in [2.05, 4.69) is 18.3 Å². The number of halogens is 2. The molecule has 38 heavy (non-hydrogen) atoms. The Kier molecular flexibility index (Phi) is 7.54. The van der Waals surface area contributed by atoms with Crippen LogP contribution in [0.25, 0.3) is 16.9 Å². The van der Waals surface area contributed by atoms with Gasteiger partial charge in [-0.25, -0.2) is 4.98 Å². The lowest BCUT2D eigenvalue weighted by molar-refractivity contribution is -0.117. The maximum atomic E-state index is 13.3. The van der Waals surface area contributed by atoms with Gasteiger partial charge in [-0.15, -0.1) is 0 Å². The highest BCUT2D eigenvalue weighted by atomic mass is 35.5. The summed E-state index contributed by atoms with van der Waals surface area (Å²) in [6.45, 7) is 4.51. The minimum Gasteiger partial charge on any atom is -0.329 e. The molecule has 0 spiro atoms. The van der Waals surface area contributed by atoms with Crippen molar-refractivity contribution in [2.45, 2.75) is 26.7 Å². The van der Waals surface area contributed by atoms with Crippen molar-refractivity contribution >= 4 is 41.0 Å². The Labute approximate surface area is 232 Å². The standard InChI is InChI=1S/C30H28Cl2N4O2/c1-19-7-14-24(15-20(19)2)36-17-27(22-10-12-23(31)13-11-22)33-30(36)34-28(37)18-35(16-21-8-9-21)29(38)25-5-3-4-6-26(25)32/h3-7,10-15,17,21H,8-9,16,18H2,1-2H3,(H,33,34,37). The third kappa shape index (κ3) is 5.93. The molecule has 0 unspecified atom stereocenters. The van der Waals surface area contributed by atoms with E-state index in [1.165, 1.54) is 5.56 Å². The van der Waals surface area contributed by atoms with Crippen LogP contribution in [0.3, 0.4) is 0 Å². The SMILES string of the molecule is Cc1ccc(-n2cc(-c3ccc(Cl)cc3)nc2NC(=O)CN(CC2CC2)C(=O)c2ccccc2Cl)cc1C. The van der Waals surface area contributed by atoms with Crippen LogP contribution >= 0.6 is 23.2 Å². The van der Waals surface area contributed by atoms with E-state index in [0.29, 0.717) is 39.7 Å². The van der Waals surface area contributed by atoms with Gasteiger partial charge in [0.2, 0.25) is 11.9 Å². The van der Waals surface area contributed by atoms with Gasteiger partial charge in [0.1, 0.15) is 6.54 Å². The minimum absolute atomic E-state index is 0.101. The van der Waals surface area contributed by atoms with E-state index in [1.807, 2.05) is 42.0 Å². The predicted molar refractivity (Wildman–Crippen MR) is 152 cm³/mol. The fourth-order valence-electron chi connectivity index (χ4n) is 4.27. The number of aromatic nitrogens is 2. The summed E-state index contributed by atoms with van der Waals surface area (Å²) >= 11 is 12.4. The molecule has 0 bridgehead atoms. The third-order valence-electron chi connectivity index (χ3n) is 6.77. The molecule has 194 valence electrons. The molecule has 8 heteroatoms. The van der Waals surface area contributed by atoms with Crippen molar-refractivity contribution in [1.82, 2.24) is 14.5 Å². The zero-order valence-electron chi connectivity index (χ0n) is 21.2. The second-order valence-electron chi connectivity index (χ2n) is 9.75. The first-order chi connectivity index (χ1) is 18.3.